The predicted molar refractivity (Wildman–Crippen MR) is 103 cm³/mol. The lowest BCUT2D eigenvalue weighted by Crippen LogP contribution is -2.27. The molecule has 0 aromatic heterocycles. The van der Waals surface area contributed by atoms with Crippen molar-refractivity contribution in [3.8, 4) is 11.5 Å². The third kappa shape index (κ3) is 4.39. The second kappa shape index (κ2) is 8.35. The molecule has 24 heavy (non-hydrogen) atoms. The number of hydrogen-bond acceptors (Lipinski definition) is 5. The normalized spacial score (nSPS) is 16.2. The van der Waals surface area contributed by atoms with Crippen LogP contribution in [-0.4, -0.2) is 34.4 Å². The van der Waals surface area contributed by atoms with Gasteiger partial charge in [0.05, 0.1) is 17.6 Å². The van der Waals surface area contributed by atoms with Gasteiger partial charge in [0.1, 0.15) is 4.32 Å². The van der Waals surface area contributed by atoms with Crippen molar-refractivity contribution >= 4 is 40.3 Å². The zero-order valence-corrected chi connectivity index (χ0v) is 15.7. The lowest BCUT2D eigenvalue weighted by Gasteiger charge is -2.15. The summed E-state index contributed by atoms with van der Waals surface area (Å²) in [5.41, 5.74) is 0.869. The Balaban J connectivity index is 2.29. The summed E-state index contributed by atoms with van der Waals surface area (Å²) in [5, 5.41) is 0. The van der Waals surface area contributed by atoms with Crippen molar-refractivity contribution in [1.82, 2.24) is 4.90 Å². The average molecular weight is 364 g/mol. The Morgan fingerprint density at radius 3 is 2.75 bits per heavy atom. The first kappa shape index (κ1) is 18.5. The summed E-state index contributed by atoms with van der Waals surface area (Å²) in [7, 11) is 0. The molecule has 0 aliphatic carbocycles. The molecule has 2 rings (SSSR count). The van der Waals surface area contributed by atoms with Crippen molar-refractivity contribution in [2.24, 2.45) is 0 Å². The Morgan fingerprint density at radius 1 is 1.38 bits per heavy atom. The van der Waals surface area contributed by atoms with E-state index in [1.165, 1.54) is 11.8 Å². The van der Waals surface area contributed by atoms with Crippen LogP contribution in [0.25, 0.3) is 6.08 Å². The molecular formula is C18H21NO3S2. The molecular weight excluding hydrogens is 342 g/mol. The van der Waals surface area contributed by atoms with Crippen molar-refractivity contribution in [2.45, 2.75) is 26.9 Å². The molecule has 0 saturated carbocycles. The van der Waals surface area contributed by atoms with Gasteiger partial charge in [0.25, 0.3) is 5.91 Å². The van der Waals surface area contributed by atoms with Gasteiger partial charge in [-0.1, -0.05) is 36.1 Å². The fraction of sp³-hybridized carbons (Fsp3) is 0.333. The number of nitrogens with zero attached hydrogens (tertiary/aromatic N) is 1. The van der Waals surface area contributed by atoms with Crippen LogP contribution in [0.3, 0.4) is 0 Å². The second-order valence-electron chi connectivity index (χ2n) is 5.39. The van der Waals surface area contributed by atoms with E-state index < -0.39 is 0 Å². The lowest BCUT2D eigenvalue weighted by atomic mass is 10.2. The maximum Gasteiger partial charge on any atom is 0.266 e. The van der Waals surface area contributed by atoms with Crippen LogP contribution in [0, 0.1) is 0 Å². The number of carbonyl (C=O) groups is 1. The number of amides is 1. The van der Waals surface area contributed by atoms with Gasteiger partial charge in [0.15, 0.2) is 11.5 Å². The number of thiocarbonyl (C=S) groups is 1. The third-order valence-corrected chi connectivity index (χ3v) is 4.49. The quantitative estimate of drug-likeness (QED) is 0.411. The van der Waals surface area contributed by atoms with E-state index in [2.05, 4.69) is 6.58 Å². The smallest absolute Gasteiger partial charge is 0.266 e. The Hall–Kier alpha value is -1.79. The molecule has 0 radical (unpaired) electrons. The first-order valence-corrected chi connectivity index (χ1v) is 8.98. The van der Waals surface area contributed by atoms with Gasteiger partial charge in [-0.3, -0.25) is 9.69 Å². The molecule has 0 N–H and O–H groups in total. The first-order valence-electron chi connectivity index (χ1n) is 7.76. The topological polar surface area (TPSA) is 38.8 Å². The maximum absolute atomic E-state index is 12.4. The Morgan fingerprint density at radius 2 is 2.12 bits per heavy atom. The molecule has 1 saturated heterocycles. The monoisotopic (exact) mass is 363 g/mol. The zero-order chi connectivity index (χ0) is 17.7. The highest BCUT2D eigenvalue weighted by Crippen LogP contribution is 2.35. The third-order valence-electron chi connectivity index (χ3n) is 3.11. The Bertz CT molecular complexity index is 683. The molecule has 0 spiro atoms. The summed E-state index contributed by atoms with van der Waals surface area (Å²) in [5.74, 6) is 1.27. The van der Waals surface area contributed by atoms with Crippen LogP contribution in [0.15, 0.2) is 35.8 Å². The highest BCUT2D eigenvalue weighted by atomic mass is 32.2. The lowest BCUT2D eigenvalue weighted by molar-refractivity contribution is -0.121. The van der Waals surface area contributed by atoms with Gasteiger partial charge in [0, 0.05) is 6.54 Å². The van der Waals surface area contributed by atoms with Crippen LogP contribution in [0.4, 0.5) is 0 Å². The SMILES string of the molecule is C=CCN1C(=O)/C(=C/c2ccc(OC(C)C)c(OCC)c2)SC1=S. The number of benzene rings is 1. The molecule has 1 aromatic carbocycles. The van der Waals surface area contributed by atoms with E-state index in [1.54, 1.807) is 11.0 Å². The number of ether oxygens (including phenoxy) is 2. The van der Waals surface area contributed by atoms with Crippen LogP contribution in [0.2, 0.25) is 0 Å². The molecule has 1 aromatic rings. The van der Waals surface area contributed by atoms with Gasteiger partial charge in [0.2, 0.25) is 0 Å². The number of rotatable bonds is 7. The molecule has 6 heteroatoms. The fourth-order valence-electron chi connectivity index (χ4n) is 2.17. The van der Waals surface area contributed by atoms with Crippen LogP contribution in [0.1, 0.15) is 26.3 Å². The minimum absolute atomic E-state index is 0.0604. The minimum atomic E-state index is -0.0923. The molecule has 1 aliphatic rings. The number of carbonyl (C=O) groups excluding carboxylic acids is 1. The predicted octanol–water partition coefficient (Wildman–Crippen LogP) is 4.26. The standard InChI is InChI=1S/C18H21NO3S2/c1-5-9-19-17(20)16(24-18(19)23)11-13-7-8-14(22-12(3)4)15(10-13)21-6-2/h5,7-8,10-12H,1,6,9H2,2-4H3/b16-11-. The summed E-state index contributed by atoms with van der Waals surface area (Å²) in [4.78, 5) is 14.5. The molecule has 4 nitrogen and oxygen atoms in total. The Kier molecular flexibility index (Phi) is 6.45. The van der Waals surface area contributed by atoms with Gasteiger partial charge in [-0.15, -0.1) is 6.58 Å². The molecule has 128 valence electrons. The number of hydrogen-bond donors (Lipinski definition) is 0. The van der Waals surface area contributed by atoms with Crippen molar-refractivity contribution in [2.75, 3.05) is 13.2 Å². The zero-order valence-electron chi connectivity index (χ0n) is 14.1. The van der Waals surface area contributed by atoms with E-state index in [9.17, 15) is 4.79 Å². The highest BCUT2D eigenvalue weighted by Gasteiger charge is 2.30. The van der Waals surface area contributed by atoms with Crippen LogP contribution in [0.5, 0.6) is 11.5 Å². The molecule has 1 aliphatic heterocycles. The second-order valence-corrected chi connectivity index (χ2v) is 7.06. The van der Waals surface area contributed by atoms with E-state index in [0.29, 0.717) is 33.9 Å². The number of thioether (sulfide) groups is 1. The average Bonchev–Trinajstić information content (AvgIpc) is 2.78. The molecule has 0 unspecified atom stereocenters. The van der Waals surface area contributed by atoms with E-state index in [-0.39, 0.29) is 12.0 Å². The summed E-state index contributed by atoms with van der Waals surface area (Å²) >= 11 is 6.55. The Labute approximate surface area is 152 Å². The first-order chi connectivity index (χ1) is 11.5. The van der Waals surface area contributed by atoms with Crippen molar-refractivity contribution in [1.29, 1.82) is 0 Å². The molecule has 0 bridgehead atoms. The summed E-state index contributed by atoms with van der Waals surface area (Å²) in [6.07, 6.45) is 3.55. The van der Waals surface area contributed by atoms with Crippen molar-refractivity contribution in [3.63, 3.8) is 0 Å². The largest absolute Gasteiger partial charge is 0.490 e. The maximum atomic E-state index is 12.4. The van der Waals surface area contributed by atoms with Gasteiger partial charge in [-0.25, -0.2) is 0 Å². The van der Waals surface area contributed by atoms with Crippen molar-refractivity contribution in [3.05, 3.63) is 41.3 Å². The summed E-state index contributed by atoms with van der Waals surface area (Å²) in [6.45, 7) is 10.5. The van der Waals surface area contributed by atoms with Crippen LogP contribution in [-0.2, 0) is 4.79 Å². The van der Waals surface area contributed by atoms with Gasteiger partial charge in [-0.2, -0.15) is 0 Å². The minimum Gasteiger partial charge on any atom is -0.490 e. The summed E-state index contributed by atoms with van der Waals surface area (Å²) in [6, 6.07) is 5.64. The van der Waals surface area contributed by atoms with E-state index in [1.807, 2.05) is 45.0 Å². The van der Waals surface area contributed by atoms with E-state index in [0.717, 1.165) is 5.56 Å². The molecule has 1 heterocycles. The van der Waals surface area contributed by atoms with Crippen LogP contribution >= 0.6 is 24.0 Å². The van der Waals surface area contributed by atoms with Crippen LogP contribution < -0.4 is 9.47 Å². The molecule has 1 fully saturated rings. The fourth-order valence-corrected chi connectivity index (χ4v) is 3.45. The van der Waals surface area contributed by atoms with Gasteiger partial charge >= 0.3 is 0 Å². The van der Waals surface area contributed by atoms with Gasteiger partial charge in [-0.05, 0) is 44.5 Å². The highest BCUT2D eigenvalue weighted by molar-refractivity contribution is 8.26. The van der Waals surface area contributed by atoms with Gasteiger partial charge < -0.3 is 9.47 Å². The summed E-state index contributed by atoms with van der Waals surface area (Å²) < 4.78 is 12.0. The molecule has 0 atom stereocenters. The van der Waals surface area contributed by atoms with E-state index >= 15 is 0 Å². The van der Waals surface area contributed by atoms with Crippen molar-refractivity contribution < 1.29 is 14.3 Å². The molecule has 1 amide bonds. The van der Waals surface area contributed by atoms with E-state index in [4.69, 9.17) is 21.7 Å².